The zero-order chi connectivity index (χ0) is 18.9. The minimum absolute atomic E-state index is 0.219. The lowest BCUT2D eigenvalue weighted by atomic mass is 10.0. The summed E-state index contributed by atoms with van der Waals surface area (Å²) in [6, 6.07) is 29.8. The van der Waals surface area contributed by atoms with Crippen molar-refractivity contribution in [3.8, 4) is 5.75 Å². The topological polar surface area (TPSA) is 33.3 Å². The van der Waals surface area contributed by atoms with Crippen molar-refractivity contribution in [1.82, 2.24) is 10.6 Å². The van der Waals surface area contributed by atoms with Crippen LogP contribution in [0.4, 0.5) is 0 Å². The summed E-state index contributed by atoms with van der Waals surface area (Å²) in [6.07, 6.45) is 0. The van der Waals surface area contributed by atoms with Crippen molar-refractivity contribution >= 4 is 0 Å². The lowest BCUT2D eigenvalue weighted by Crippen LogP contribution is -2.33. The fourth-order valence-electron chi connectivity index (χ4n) is 3.30. The predicted molar refractivity (Wildman–Crippen MR) is 112 cm³/mol. The van der Waals surface area contributed by atoms with Gasteiger partial charge in [0.1, 0.15) is 5.75 Å². The van der Waals surface area contributed by atoms with E-state index in [0.29, 0.717) is 0 Å². The van der Waals surface area contributed by atoms with Crippen molar-refractivity contribution in [2.75, 3.05) is 13.7 Å². The van der Waals surface area contributed by atoms with Crippen LogP contribution >= 0.6 is 0 Å². The van der Waals surface area contributed by atoms with Crippen LogP contribution in [-0.2, 0) is 6.54 Å². The van der Waals surface area contributed by atoms with Gasteiger partial charge in [-0.2, -0.15) is 0 Å². The third-order valence-corrected chi connectivity index (χ3v) is 4.81. The lowest BCUT2D eigenvalue weighted by Gasteiger charge is -2.25. The summed E-state index contributed by atoms with van der Waals surface area (Å²) in [4.78, 5) is 0. The Morgan fingerprint density at radius 1 is 0.778 bits per heavy atom. The first-order valence-electron chi connectivity index (χ1n) is 9.46. The Morgan fingerprint density at radius 3 is 2.04 bits per heavy atom. The molecule has 0 fully saturated rings. The van der Waals surface area contributed by atoms with Gasteiger partial charge in [-0.05, 0) is 24.1 Å². The standard InChI is InChI=1S/C24H28N2O/c1-19(20-11-5-3-6-12-20)26-23(21-13-7-4-8-14-21)18-25-17-22-15-9-10-16-24(22)27-2/h3-16,19,23,25-26H,17-18H2,1-2H3. The van der Waals surface area contributed by atoms with Gasteiger partial charge in [-0.25, -0.2) is 0 Å². The number of rotatable bonds is 9. The van der Waals surface area contributed by atoms with Gasteiger partial charge in [0.15, 0.2) is 0 Å². The van der Waals surface area contributed by atoms with Gasteiger partial charge in [0.2, 0.25) is 0 Å². The van der Waals surface area contributed by atoms with E-state index >= 15 is 0 Å². The zero-order valence-corrected chi connectivity index (χ0v) is 16.1. The molecule has 3 nitrogen and oxygen atoms in total. The van der Waals surface area contributed by atoms with E-state index < -0.39 is 0 Å². The first-order valence-corrected chi connectivity index (χ1v) is 9.46. The molecular formula is C24H28N2O. The van der Waals surface area contributed by atoms with Crippen LogP contribution in [0.3, 0.4) is 0 Å². The van der Waals surface area contributed by atoms with Crippen molar-refractivity contribution in [2.45, 2.75) is 25.6 Å². The highest BCUT2D eigenvalue weighted by atomic mass is 16.5. The summed E-state index contributed by atoms with van der Waals surface area (Å²) >= 11 is 0. The molecule has 0 aromatic heterocycles. The summed E-state index contributed by atoms with van der Waals surface area (Å²) < 4.78 is 5.45. The van der Waals surface area contributed by atoms with Gasteiger partial charge < -0.3 is 15.4 Å². The predicted octanol–water partition coefficient (Wildman–Crippen LogP) is 4.88. The third kappa shape index (κ3) is 5.43. The van der Waals surface area contributed by atoms with E-state index in [1.165, 1.54) is 16.7 Å². The molecule has 2 N–H and O–H groups in total. The highest BCUT2D eigenvalue weighted by Gasteiger charge is 2.15. The average Bonchev–Trinajstić information content (AvgIpc) is 2.74. The molecule has 0 aliphatic heterocycles. The molecule has 3 heteroatoms. The molecule has 0 saturated carbocycles. The van der Waals surface area contributed by atoms with Gasteiger partial charge in [-0.15, -0.1) is 0 Å². The van der Waals surface area contributed by atoms with E-state index in [4.69, 9.17) is 4.74 Å². The SMILES string of the molecule is COc1ccccc1CNCC(NC(C)c1ccccc1)c1ccccc1. The Bertz CT molecular complexity index is 805. The Labute approximate surface area is 162 Å². The number of para-hydroxylation sites is 1. The van der Waals surface area contributed by atoms with Gasteiger partial charge in [-0.3, -0.25) is 0 Å². The number of methoxy groups -OCH3 is 1. The third-order valence-electron chi connectivity index (χ3n) is 4.81. The largest absolute Gasteiger partial charge is 0.496 e. The van der Waals surface area contributed by atoms with Crippen molar-refractivity contribution in [3.63, 3.8) is 0 Å². The van der Waals surface area contributed by atoms with Gasteiger partial charge in [0.25, 0.3) is 0 Å². The Kier molecular flexibility index (Phi) is 7.03. The molecule has 2 unspecified atom stereocenters. The maximum absolute atomic E-state index is 5.45. The van der Waals surface area contributed by atoms with E-state index in [9.17, 15) is 0 Å². The molecule has 0 spiro atoms. The van der Waals surface area contributed by atoms with Crippen molar-refractivity contribution in [2.24, 2.45) is 0 Å². The molecule has 3 rings (SSSR count). The van der Waals surface area contributed by atoms with Crippen molar-refractivity contribution < 1.29 is 4.74 Å². The van der Waals surface area contributed by atoms with Crippen LogP contribution in [0, 0.1) is 0 Å². The summed E-state index contributed by atoms with van der Waals surface area (Å²) in [5.41, 5.74) is 3.75. The van der Waals surface area contributed by atoms with Crippen LogP contribution in [0.15, 0.2) is 84.9 Å². The minimum atomic E-state index is 0.219. The molecule has 3 aromatic carbocycles. The van der Waals surface area contributed by atoms with Crippen LogP contribution in [-0.4, -0.2) is 13.7 Å². The van der Waals surface area contributed by atoms with Crippen LogP contribution < -0.4 is 15.4 Å². The summed E-state index contributed by atoms with van der Waals surface area (Å²) in [5.74, 6) is 0.923. The van der Waals surface area contributed by atoms with E-state index in [1.54, 1.807) is 7.11 Å². The molecule has 140 valence electrons. The second-order valence-corrected chi connectivity index (χ2v) is 6.71. The van der Waals surface area contributed by atoms with Gasteiger partial charge in [0, 0.05) is 30.7 Å². The number of nitrogens with one attached hydrogen (secondary N) is 2. The van der Waals surface area contributed by atoms with Crippen LogP contribution in [0.5, 0.6) is 5.75 Å². The summed E-state index contributed by atoms with van der Waals surface area (Å²) in [5, 5.41) is 7.36. The average molecular weight is 361 g/mol. The van der Waals surface area contributed by atoms with E-state index in [2.05, 4.69) is 84.3 Å². The Hall–Kier alpha value is -2.62. The van der Waals surface area contributed by atoms with E-state index in [-0.39, 0.29) is 12.1 Å². The van der Waals surface area contributed by atoms with Gasteiger partial charge >= 0.3 is 0 Å². The van der Waals surface area contributed by atoms with E-state index in [1.807, 2.05) is 18.2 Å². The van der Waals surface area contributed by atoms with Crippen molar-refractivity contribution in [3.05, 3.63) is 102 Å². The Morgan fingerprint density at radius 2 is 1.37 bits per heavy atom. The maximum Gasteiger partial charge on any atom is 0.123 e. The van der Waals surface area contributed by atoms with Crippen LogP contribution in [0.1, 0.15) is 35.7 Å². The molecular weight excluding hydrogens is 332 g/mol. The van der Waals surface area contributed by atoms with Crippen LogP contribution in [0.25, 0.3) is 0 Å². The summed E-state index contributed by atoms with van der Waals surface area (Å²) in [7, 11) is 1.72. The number of hydrogen-bond donors (Lipinski definition) is 2. The highest BCUT2D eigenvalue weighted by Crippen LogP contribution is 2.20. The van der Waals surface area contributed by atoms with Gasteiger partial charge in [0.05, 0.1) is 7.11 Å². The second-order valence-electron chi connectivity index (χ2n) is 6.71. The lowest BCUT2D eigenvalue weighted by molar-refractivity contribution is 0.403. The fourth-order valence-corrected chi connectivity index (χ4v) is 3.30. The molecule has 0 aliphatic rings. The second kappa shape index (κ2) is 9.91. The highest BCUT2D eigenvalue weighted by molar-refractivity contribution is 5.33. The van der Waals surface area contributed by atoms with Crippen molar-refractivity contribution in [1.29, 1.82) is 0 Å². The molecule has 0 bridgehead atoms. The molecule has 0 saturated heterocycles. The zero-order valence-electron chi connectivity index (χ0n) is 16.1. The van der Waals surface area contributed by atoms with Crippen LogP contribution in [0.2, 0.25) is 0 Å². The van der Waals surface area contributed by atoms with Gasteiger partial charge in [-0.1, -0.05) is 78.9 Å². The normalized spacial score (nSPS) is 13.1. The quantitative estimate of drug-likeness (QED) is 0.571. The number of benzene rings is 3. The molecule has 2 atom stereocenters. The summed E-state index contributed by atoms with van der Waals surface area (Å²) in [6.45, 7) is 3.82. The first kappa shape index (κ1) is 19.2. The number of hydrogen-bond acceptors (Lipinski definition) is 3. The molecule has 3 aromatic rings. The minimum Gasteiger partial charge on any atom is -0.496 e. The number of ether oxygens (including phenoxy) is 1. The monoisotopic (exact) mass is 360 g/mol. The Balaban J connectivity index is 1.67. The molecule has 0 amide bonds. The molecule has 27 heavy (non-hydrogen) atoms. The van der Waals surface area contributed by atoms with E-state index in [0.717, 1.165) is 18.8 Å². The molecule has 0 radical (unpaired) electrons. The molecule has 0 heterocycles. The maximum atomic E-state index is 5.45. The molecule has 0 aliphatic carbocycles. The first-order chi connectivity index (χ1) is 13.3. The smallest absolute Gasteiger partial charge is 0.123 e. The fraction of sp³-hybridized carbons (Fsp3) is 0.250.